The lowest BCUT2D eigenvalue weighted by molar-refractivity contribution is -0.167. The molecule has 36 heavy (non-hydrogen) atoms. The molecule has 0 radical (unpaired) electrons. The SMILES string of the molecule is CCC=CCC(=O)N[C@@H]1CC[C@@]2(C)C(CC(O)C3C2CC[C@@]2(C)C3CCC2[C@H](C)CC(=O)CCC)C1. The van der Waals surface area contributed by atoms with E-state index in [0.717, 1.165) is 51.4 Å². The first-order valence-electron chi connectivity index (χ1n) is 15.3. The van der Waals surface area contributed by atoms with Crippen molar-refractivity contribution >= 4 is 11.7 Å². The first-order valence-corrected chi connectivity index (χ1v) is 15.3. The second-order valence-corrected chi connectivity index (χ2v) is 13.6. The van der Waals surface area contributed by atoms with Gasteiger partial charge in [-0.1, -0.05) is 46.8 Å². The number of amides is 1. The summed E-state index contributed by atoms with van der Waals surface area (Å²) < 4.78 is 0. The zero-order valence-electron chi connectivity index (χ0n) is 23.7. The first-order chi connectivity index (χ1) is 17.1. The van der Waals surface area contributed by atoms with Crippen LogP contribution in [-0.4, -0.2) is 28.9 Å². The number of carbonyl (C=O) groups excluding carboxylic acids is 2. The van der Waals surface area contributed by atoms with Crippen molar-refractivity contribution in [2.45, 2.75) is 130 Å². The molecule has 10 atom stereocenters. The van der Waals surface area contributed by atoms with Gasteiger partial charge in [0.25, 0.3) is 0 Å². The number of fused-ring (bicyclic) bond motifs is 5. The van der Waals surface area contributed by atoms with Crippen molar-refractivity contribution in [2.24, 2.45) is 46.3 Å². The van der Waals surface area contributed by atoms with Crippen molar-refractivity contribution in [1.82, 2.24) is 5.32 Å². The molecule has 4 nitrogen and oxygen atoms in total. The van der Waals surface area contributed by atoms with E-state index in [9.17, 15) is 14.7 Å². The van der Waals surface area contributed by atoms with Crippen LogP contribution in [0, 0.1) is 46.3 Å². The summed E-state index contributed by atoms with van der Waals surface area (Å²) in [7, 11) is 0. The maximum atomic E-state index is 12.4. The minimum absolute atomic E-state index is 0.138. The van der Waals surface area contributed by atoms with Crippen LogP contribution in [0.15, 0.2) is 12.2 Å². The molecule has 0 spiro atoms. The van der Waals surface area contributed by atoms with Crippen LogP contribution >= 0.6 is 0 Å². The number of hydrogen-bond acceptors (Lipinski definition) is 3. The summed E-state index contributed by atoms with van der Waals surface area (Å²) in [6, 6.07) is 0.251. The number of carbonyl (C=O) groups is 2. The third-order valence-corrected chi connectivity index (χ3v) is 11.6. The Balaban J connectivity index is 1.43. The van der Waals surface area contributed by atoms with E-state index in [-0.39, 0.29) is 28.9 Å². The number of aliphatic hydroxyl groups is 1. The number of nitrogens with one attached hydrogen (secondary N) is 1. The van der Waals surface area contributed by atoms with Crippen LogP contribution in [0.2, 0.25) is 0 Å². The molecule has 0 bridgehead atoms. The fourth-order valence-electron chi connectivity index (χ4n) is 9.86. The Labute approximate surface area is 220 Å². The number of ketones is 1. The molecule has 6 unspecified atom stereocenters. The van der Waals surface area contributed by atoms with Crippen LogP contribution in [0.1, 0.15) is 118 Å². The number of aliphatic hydroxyl groups excluding tert-OH is 1. The topological polar surface area (TPSA) is 66.4 Å². The highest BCUT2D eigenvalue weighted by Gasteiger charge is 2.62. The summed E-state index contributed by atoms with van der Waals surface area (Å²) in [5.41, 5.74) is 0.532. The molecule has 4 aliphatic rings. The van der Waals surface area contributed by atoms with Crippen LogP contribution < -0.4 is 5.32 Å². The largest absolute Gasteiger partial charge is 0.393 e. The number of hydrogen-bond donors (Lipinski definition) is 2. The Kier molecular flexibility index (Phi) is 8.74. The Bertz CT molecular complexity index is 822. The molecule has 0 aromatic carbocycles. The van der Waals surface area contributed by atoms with E-state index in [1.807, 2.05) is 6.08 Å². The van der Waals surface area contributed by atoms with Gasteiger partial charge in [-0.2, -0.15) is 0 Å². The van der Waals surface area contributed by atoms with E-state index >= 15 is 0 Å². The number of Topliss-reactive ketones (excluding diaryl/α,β-unsaturated/α-hetero) is 1. The fraction of sp³-hybridized carbons (Fsp3) is 0.875. The van der Waals surface area contributed by atoms with E-state index < -0.39 is 0 Å². The molecule has 4 rings (SSSR count). The van der Waals surface area contributed by atoms with Gasteiger partial charge in [0.2, 0.25) is 5.91 Å². The highest BCUT2D eigenvalue weighted by Crippen LogP contribution is 2.68. The number of allylic oxidation sites excluding steroid dienone is 1. The lowest BCUT2D eigenvalue weighted by Crippen LogP contribution is -2.59. The highest BCUT2D eigenvalue weighted by molar-refractivity contribution is 5.78. The van der Waals surface area contributed by atoms with Crippen LogP contribution in [0.5, 0.6) is 0 Å². The Hall–Kier alpha value is -1.16. The quantitative estimate of drug-likeness (QED) is 0.341. The van der Waals surface area contributed by atoms with Crippen molar-refractivity contribution in [3.63, 3.8) is 0 Å². The van der Waals surface area contributed by atoms with Gasteiger partial charge in [0, 0.05) is 25.3 Å². The van der Waals surface area contributed by atoms with E-state index in [2.05, 4.69) is 46.0 Å². The van der Waals surface area contributed by atoms with Gasteiger partial charge in [-0.05, 0) is 111 Å². The predicted molar refractivity (Wildman–Crippen MR) is 146 cm³/mol. The molecule has 4 aliphatic carbocycles. The fourth-order valence-corrected chi connectivity index (χ4v) is 9.86. The summed E-state index contributed by atoms with van der Waals surface area (Å²) >= 11 is 0. The Morgan fingerprint density at radius 2 is 1.72 bits per heavy atom. The summed E-state index contributed by atoms with van der Waals surface area (Å²) in [4.78, 5) is 24.9. The molecule has 204 valence electrons. The Morgan fingerprint density at radius 1 is 1.00 bits per heavy atom. The minimum atomic E-state index is -0.226. The average Bonchev–Trinajstić information content (AvgIpc) is 3.17. The smallest absolute Gasteiger partial charge is 0.224 e. The van der Waals surface area contributed by atoms with Crippen molar-refractivity contribution in [1.29, 1.82) is 0 Å². The molecular formula is C32H53NO3. The zero-order valence-corrected chi connectivity index (χ0v) is 23.7. The standard InChI is InChI=1S/C32H53NO3/c1-6-8-9-11-29(36)33-23-14-16-31(4)22(19-23)20-28(35)30-26-13-12-25(21(3)18-24(34)10-7-2)32(26,5)17-15-27(30)31/h8-9,21-23,25-28,30,35H,6-7,10-20H2,1-5H3,(H,33,36)/t21-,22?,23-,25?,26?,27?,28?,30?,31+,32-/m1/s1. The van der Waals surface area contributed by atoms with Crippen molar-refractivity contribution < 1.29 is 14.7 Å². The van der Waals surface area contributed by atoms with Crippen molar-refractivity contribution in [3.8, 4) is 0 Å². The van der Waals surface area contributed by atoms with E-state index in [1.54, 1.807) is 0 Å². The van der Waals surface area contributed by atoms with E-state index in [1.165, 1.54) is 25.7 Å². The molecular weight excluding hydrogens is 446 g/mol. The summed E-state index contributed by atoms with van der Waals surface area (Å²) in [6.07, 6.45) is 16.7. The van der Waals surface area contributed by atoms with Gasteiger partial charge < -0.3 is 10.4 Å². The predicted octanol–water partition coefficient (Wildman–Crippen LogP) is 6.85. The lowest BCUT2D eigenvalue weighted by atomic mass is 9.43. The lowest BCUT2D eigenvalue weighted by Gasteiger charge is -2.62. The molecule has 0 aromatic heterocycles. The zero-order chi connectivity index (χ0) is 26.1. The average molecular weight is 500 g/mol. The van der Waals surface area contributed by atoms with Gasteiger partial charge in [0.05, 0.1) is 6.10 Å². The summed E-state index contributed by atoms with van der Waals surface area (Å²) in [6.45, 7) is 11.5. The minimum Gasteiger partial charge on any atom is -0.393 e. The van der Waals surface area contributed by atoms with Gasteiger partial charge in [0.15, 0.2) is 0 Å². The van der Waals surface area contributed by atoms with Crippen LogP contribution in [-0.2, 0) is 9.59 Å². The number of rotatable bonds is 9. The van der Waals surface area contributed by atoms with Crippen LogP contribution in [0.3, 0.4) is 0 Å². The highest BCUT2D eigenvalue weighted by atomic mass is 16.3. The van der Waals surface area contributed by atoms with Gasteiger partial charge in [-0.25, -0.2) is 0 Å². The van der Waals surface area contributed by atoms with E-state index in [4.69, 9.17) is 0 Å². The molecule has 4 heteroatoms. The molecule has 0 aromatic rings. The Morgan fingerprint density at radius 3 is 2.44 bits per heavy atom. The normalized spacial score (nSPS) is 42.9. The molecule has 0 saturated heterocycles. The second kappa shape index (κ2) is 11.3. The van der Waals surface area contributed by atoms with Gasteiger partial charge in [-0.15, -0.1) is 0 Å². The van der Waals surface area contributed by atoms with E-state index in [0.29, 0.717) is 47.7 Å². The molecule has 4 fully saturated rings. The van der Waals surface area contributed by atoms with Crippen LogP contribution in [0.4, 0.5) is 0 Å². The third-order valence-electron chi connectivity index (χ3n) is 11.6. The van der Waals surface area contributed by atoms with Crippen molar-refractivity contribution in [2.75, 3.05) is 0 Å². The maximum Gasteiger partial charge on any atom is 0.224 e. The van der Waals surface area contributed by atoms with Crippen molar-refractivity contribution in [3.05, 3.63) is 12.2 Å². The van der Waals surface area contributed by atoms with Gasteiger partial charge in [0.1, 0.15) is 5.78 Å². The molecule has 0 aliphatic heterocycles. The van der Waals surface area contributed by atoms with Gasteiger partial charge >= 0.3 is 0 Å². The molecule has 0 heterocycles. The molecule has 2 N–H and O–H groups in total. The molecule has 1 amide bonds. The third kappa shape index (κ3) is 5.22. The summed E-state index contributed by atoms with van der Waals surface area (Å²) in [5, 5.41) is 14.9. The first kappa shape index (κ1) is 27.9. The maximum absolute atomic E-state index is 12.4. The van der Waals surface area contributed by atoms with Gasteiger partial charge in [-0.3, -0.25) is 9.59 Å². The summed E-state index contributed by atoms with van der Waals surface area (Å²) in [5.74, 6) is 3.69. The van der Waals surface area contributed by atoms with Crippen LogP contribution in [0.25, 0.3) is 0 Å². The second-order valence-electron chi connectivity index (χ2n) is 13.6. The monoisotopic (exact) mass is 499 g/mol. The molecule has 4 saturated carbocycles.